The fraction of sp³-hybridized carbons (Fsp3) is 0.357. The van der Waals surface area contributed by atoms with Gasteiger partial charge in [-0.1, -0.05) is 30.3 Å². The van der Waals surface area contributed by atoms with Crippen molar-refractivity contribution in [1.82, 2.24) is 9.80 Å². The van der Waals surface area contributed by atoms with Gasteiger partial charge in [0.15, 0.2) is 0 Å². The van der Waals surface area contributed by atoms with Gasteiger partial charge in [-0.25, -0.2) is 0 Å². The van der Waals surface area contributed by atoms with Gasteiger partial charge in [0.05, 0.1) is 0 Å². The number of carbonyl (C=O) groups excluding carboxylic acids is 1. The smallest absolute Gasteiger partial charge is 0.246 e. The summed E-state index contributed by atoms with van der Waals surface area (Å²) in [5.41, 5.74) is 1.06. The molecular weight excluding hydrogens is 248 g/mol. The highest BCUT2D eigenvalue weighted by molar-refractivity contribution is 5.91. The molecule has 0 N–H and O–H groups in total. The van der Waals surface area contributed by atoms with Gasteiger partial charge in [-0.2, -0.15) is 0 Å². The van der Waals surface area contributed by atoms with E-state index in [2.05, 4.69) is 11.9 Å². The molecular formula is C14H19ClN2O. The molecule has 0 bridgehead atoms. The van der Waals surface area contributed by atoms with Crippen LogP contribution in [0.5, 0.6) is 0 Å². The molecule has 0 radical (unpaired) electrons. The van der Waals surface area contributed by atoms with E-state index in [-0.39, 0.29) is 18.3 Å². The van der Waals surface area contributed by atoms with Crippen molar-refractivity contribution in [2.75, 3.05) is 33.2 Å². The van der Waals surface area contributed by atoms with Gasteiger partial charge in [-0.3, -0.25) is 4.79 Å². The van der Waals surface area contributed by atoms with E-state index >= 15 is 0 Å². The van der Waals surface area contributed by atoms with Crippen molar-refractivity contribution in [3.63, 3.8) is 0 Å². The van der Waals surface area contributed by atoms with Gasteiger partial charge in [-0.05, 0) is 18.7 Å². The molecule has 3 nitrogen and oxygen atoms in total. The highest BCUT2D eigenvalue weighted by atomic mass is 35.5. The van der Waals surface area contributed by atoms with Crippen LogP contribution in [0.4, 0.5) is 0 Å². The van der Waals surface area contributed by atoms with Gasteiger partial charge < -0.3 is 9.80 Å². The third-order valence-electron chi connectivity index (χ3n) is 3.03. The third-order valence-corrected chi connectivity index (χ3v) is 3.03. The standard InChI is InChI=1S/C14H18N2O.ClH/c1-15-9-11-16(12-10-15)14(17)8-7-13-5-3-2-4-6-13;/h2-8H,9-12H2,1H3;1H. The lowest BCUT2D eigenvalue weighted by atomic mass is 10.2. The Morgan fingerprint density at radius 1 is 1.11 bits per heavy atom. The normalized spacial score (nSPS) is 16.6. The number of nitrogens with zero attached hydrogens (tertiary/aromatic N) is 2. The summed E-state index contributed by atoms with van der Waals surface area (Å²) in [5.74, 6) is 0.113. The Morgan fingerprint density at radius 2 is 1.72 bits per heavy atom. The molecule has 1 fully saturated rings. The number of hydrogen-bond acceptors (Lipinski definition) is 2. The van der Waals surface area contributed by atoms with E-state index in [9.17, 15) is 4.79 Å². The molecule has 0 spiro atoms. The van der Waals surface area contributed by atoms with Crippen LogP contribution in [0.2, 0.25) is 0 Å². The molecule has 0 atom stereocenters. The molecule has 2 rings (SSSR count). The summed E-state index contributed by atoms with van der Waals surface area (Å²) in [7, 11) is 2.08. The Kier molecular flexibility index (Phi) is 5.89. The quantitative estimate of drug-likeness (QED) is 0.764. The van der Waals surface area contributed by atoms with Crippen molar-refractivity contribution >= 4 is 24.4 Å². The van der Waals surface area contributed by atoms with Gasteiger partial charge in [0, 0.05) is 32.3 Å². The minimum Gasteiger partial charge on any atom is -0.337 e. The zero-order valence-electron chi connectivity index (χ0n) is 10.6. The number of benzene rings is 1. The molecule has 1 saturated heterocycles. The van der Waals surface area contributed by atoms with E-state index in [0.29, 0.717) is 0 Å². The summed E-state index contributed by atoms with van der Waals surface area (Å²) in [5, 5.41) is 0. The van der Waals surface area contributed by atoms with Crippen molar-refractivity contribution in [1.29, 1.82) is 0 Å². The van der Waals surface area contributed by atoms with E-state index in [1.54, 1.807) is 6.08 Å². The Balaban J connectivity index is 0.00000162. The maximum atomic E-state index is 11.9. The average Bonchev–Trinajstić information content (AvgIpc) is 2.38. The maximum Gasteiger partial charge on any atom is 0.246 e. The lowest BCUT2D eigenvalue weighted by Gasteiger charge is -2.31. The second kappa shape index (κ2) is 7.19. The number of hydrogen-bond donors (Lipinski definition) is 0. The topological polar surface area (TPSA) is 23.6 Å². The van der Waals surface area contributed by atoms with Crippen LogP contribution in [0.1, 0.15) is 5.56 Å². The van der Waals surface area contributed by atoms with Crippen LogP contribution < -0.4 is 0 Å². The van der Waals surface area contributed by atoms with Crippen LogP contribution in [0.3, 0.4) is 0 Å². The first-order valence-electron chi connectivity index (χ1n) is 5.96. The van der Waals surface area contributed by atoms with E-state index in [1.165, 1.54) is 0 Å². The summed E-state index contributed by atoms with van der Waals surface area (Å²) in [4.78, 5) is 16.0. The molecule has 1 aliphatic rings. The molecule has 1 aromatic rings. The van der Waals surface area contributed by atoms with Gasteiger partial charge in [0.2, 0.25) is 5.91 Å². The molecule has 98 valence electrons. The number of amides is 1. The van der Waals surface area contributed by atoms with E-state index in [0.717, 1.165) is 31.7 Å². The van der Waals surface area contributed by atoms with Gasteiger partial charge >= 0.3 is 0 Å². The van der Waals surface area contributed by atoms with Gasteiger partial charge in [0.1, 0.15) is 0 Å². The number of piperazine rings is 1. The Hall–Kier alpha value is -1.32. The van der Waals surface area contributed by atoms with Crippen LogP contribution in [0.15, 0.2) is 36.4 Å². The second-order valence-corrected chi connectivity index (χ2v) is 4.37. The molecule has 18 heavy (non-hydrogen) atoms. The predicted octanol–water partition coefficient (Wildman–Crippen LogP) is 1.90. The molecule has 0 saturated carbocycles. The van der Waals surface area contributed by atoms with E-state index in [1.807, 2.05) is 41.3 Å². The summed E-state index contributed by atoms with van der Waals surface area (Å²) >= 11 is 0. The zero-order chi connectivity index (χ0) is 12.1. The SMILES string of the molecule is CN1CCN(C(=O)C=Cc2ccccc2)CC1.Cl. The summed E-state index contributed by atoms with van der Waals surface area (Å²) < 4.78 is 0. The maximum absolute atomic E-state index is 11.9. The van der Waals surface area contributed by atoms with Crippen LogP contribution in [-0.4, -0.2) is 48.9 Å². The monoisotopic (exact) mass is 266 g/mol. The predicted molar refractivity (Wildman–Crippen MR) is 76.8 cm³/mol. The molecule has 0 aromatic heterocycles. The van der Waals surface area contributed by atoms with E-state index in [4.69, 9.17) is 0 Å². The number of carbonyl (C=O) groups is 1. The van der Waals surface area contributed by atoms with Crippen molar-refractivity contribution in [2.45, 2.75) is 0 Å². The first-order chi connectivity index (χ1) is 8.25. The van der Waals surface area contributed by atoms with Crippen LogP contribution >= 0.6 is 12.4 Å². The molecule has 1 aromatic carbocycles. The summed E-state index contributed by atoms with van der Waals surface area (Å²) in [6.07, 6.45) is 3.54. The lowest BCUT2D eigenvalue weighted by Crippen LogP contribution is -2.46. The molecule has 0 aliphatic carbocycles. The minimum absolute atomic E-state index is 0. The average molecular weight is 267 g/mol. The zero-order valence-corrected chi connectivity index (χ0v) is 11.4. The van der Waals surface area contributed by atoms with Crippen LogP contribution in [-0.2, 0) is 4.79 Å². The van der Waals surface area contributed by atoms with Crippen molar-refractivity contribution in [2.24, 2.45) is 0 Å². The molecule has 4 heteroatoms. The molecule has 1 heterocycles. The molecule has 1 aliphatic heterocycles. The largest absolute Gasteiger partial charge is 0.337 e. The number of rotatable bonds is 2. The highest BCUT2D eigenvalue weighted by Crippen LogP contribution is 2.04. The van der Waals surface area contributed by atoms with Gasteiger partial charge in [0.25, 0.3) is 0 Å². The Morgan fingerprint density at radius 3 is 2.33 bits per heavy atom. The minimum atomic E-state index is 0. The summed E-state index contributed by atoms with van der Waals surface area (Å²) in [6.45, 7) is 3.58. The third kappa shape index (κ3) is 4.17. The van der Waals surface area contributed by atoms with Crippen LogP contribution in [0.25, 0.3) is 6.08 Å². The van der Waals surface area contributed by atoms with Crippen molar-refractivity contribution in [3.05, 3.63) is 42.0 Å². The first kappa shape index (κ1) is 14.7. The summed E-state index contributed by atoms with van der Waals surface area (Å²) in [6, 6.07) is 9.90. The Bertz CT molecular complexity index is 398. The highest BCUT2D eigenvalue weighted by Gasteiger charge is 2.16. The fourth-order valence-electron chi connectivity index (χ4n) is 1.86. The molecule has 1 amide bonds. The van der Waals surface area contributed by atoms with Crippen LogP contribution in [0, 0.1) is 0 Å². The molecule has 0 unspecified atom stereocenters. The fourth-order valence-corrected chi connectivity index (χ4v) is 1.86. The number of halogens is 1. The first-order valence-corrected chi connectivity index (χ1v) is 5.96. The number of likely N-dealkylation sites (N-methyl/N-ethyl adjacent to an activating group) is 1. The van der Waals surface area contributed by atoms with Crippen molar-refractivity contribution < 1.29 is 4.79 Å². The van der Waals surface area contributed by atoms with Gasteiger partial charge in [-0.15, -0.1) is 12.4 Å². The second-order valence-electron chi connectivity index (χ2n) is 4.37. The van der Waals surface area contributed by atoms with E-state index < -0.39 is 0 Å². The van der Waals surface area contributed by atoms with Crippen molar-refractivity contribution in [3.8, 4) is 0 Å². The Labute approximate surface area is 114 Å². The lowest BCUT2D eigenvalue weighted by molar-refractivity contribution is -0.127.